The zero-order chi connectivity index (χ0) is 42.7. The van der Waals surface area contributed by atoms with E-state index in [-0.39, 0.29) is 25.0 Å². The molecule has 0 radical (unpaired) electrons. The van der Waals surface area contributed by atoms with E-state index in [1.54, 1.807) is 30.3 Å². The highest BCUT2D eigenvalue weighted by Crippen LogP contribution is 2.13. The van der Waals surface area contributed by atoms with Crippen molar-refractivity contribution in [3.05, 3.63) is 65.7 Å². The van der Waals surface area contributed by atoms with Crippen molar-refractivity contribution >= 4 is 53.2 Å². The molecular weight excluding hydrogens is 748 g/mol. The summed E-state index contributed by atoms with van der Waals surface area (Å²) in [5, 5.41) is 30.9. The second-order valence-electron chi connectivity index (χ2n) is 13.1. The topological polar surface area (TPSA) is 384 Å². The van der Waals surface area contributed by atoms with E-state index < -0.39 is 109 Å². The number of unbranched alkanes of at least 4 members (excludes halogenated alkanes) is 1. The molecule has 0 heterocycles. The highest BCUT2D eigenvalue weighted by atomic mass is 16.4. The lowest BCUT2D eigenvalue weighted by Gasteiger charge is -2.27. The van der Waals surface area contributed by atoms with Crippen LogP contribution < -0.4 is 55.3 Å². The van der Waals surface area contributed by atoms with Crippen LogP contribution in [0.4, 0.5) is 0 Å². The molecule has 6 atom stereocenters. The first-order valence-corrected chi connectivity index (χ1v) is 17.8. The van der Waals surface area contributed by atoms with Crippen LogP contribution in [-0.2, 0) is 56.0 Å². The maximum absolute atomic E-state index is 13.9. The quantitative estimate of drug-likeness (QED) is 0.0424. The summed E-state index contributed by atoms with van der Waals surface area (Å²) >= 11 is 0. The molecular formula is C36H50N10O11. The zero-order valence-electron chi connectivity index (χ0n) is 31.0. The fourth-order valence-corrected chi connectivity index (χ4v) is 5.37. The van der Waals surface area contributed by atoms with Crippen LogP contribution >= 0.6 is 0 Å². The van der Waals surface area contributed by atoms with Crippen LogP contribution in [0.1, 0.15) is 49.7 Å². The van der Waals surface area contributed by atoms with Crippen LogP contribution in [0.5, 0.6) is 5.75 Å². The lowest BCUT2D eigenvalue weighted by atomic mass is 10.0. The van der Waals surface area contributed by atoms with Crippen LogP contribution in [0.2, 0.25) is 0 Å². The van der Waals surface area contributed by atoms with Gasteiger partial charge in [-0.2, -0.15) is 0 Å². The van der Waals surface area contributed by atoms with Gasteiger partial charge in [0.1, 0.15) is 36.0 Å². The van der Waals surface area contributed by atoms with E-state index in [2.05, 4.69) is 26.6 Å². The maximum atomic E-state index is 13.9. The highest BCUT2D eigenvalue weighted by molar-refractivity contribution is 5.99. The standard InChI is InChI=1S/C36H50N10O11/c37-13-5-4-8-22(38)31(51)42-25(16-28(39)48)34(54)43-23(14-19-6-2-1-3-7-19)32(52)45-26(17-29(40)49)35(55)44-24(15-20-9-11-21(47)12-10-20)33(53)46-27(36(56)57)18-30(41)50/h1-3,6-7,9-12,22-27,47H,4-5,8,13-18,37-38H2,(H2,39,48)(H2,40,49)(H2,41,50)(H,42,51)(H,43,54)(H,44,55)(H,45,52)(H,46,53)(H,56,57)/t22-,23-,24-,25-,26-,27-/m0/s1. The summed E-state index contributed by atoms with van der Waals surface area (Å²) < 4.78 is 0. The number of carboxylic acids is 1. The third kappa shape index (κ3) is 17.2. The number of aliphatic carboxylic acids is 1. The lowest BCUT2D eigenvalue weighted by molar-refractivity contribution is -0.143. The molecule has 0 aliphatic rings. The third-order valence-electron chi connectivity index (χ3n) is 8.33. The number of carboxylic acid groups (broad SMARTS) is 1. The first-order valence-electron chi connectivity index (χ1n) is 17.8. The zero-order valence-corrected chi connectivity index (χ0v) is 31.0. The average Bonchev–Trinajstić information content (AvgIpc) is 3.13. The normalized spacial score (nSPS) is 13.9. The van der Waals surface area contributed by atoms with Gasteiger partial charge in [0.05, 0.1) is 25.3 Å². The minimum atomic E-state index is -1.78. The SMILES string of the molecule is NCCCC[C@H](N)C(=O)N[C@@H](CC(N)=O)C(=O)N[C@@H](Cc1ccccc1)C(=O)N[C@@H](CC(N)=O)C(=O)N[C@@H](Cc1ccc(O)cc1)C(=O)N[C@@H](CC(N)=O)C(=O)O. The summed E-state index contributed by atoms with van der Waals surface area (Å²) in [6.45, 7) is 0.370. The summed E-state index contributed by atoms with van der Waals surface area (Å²) in [5.74, 6) is -9.88. The largest absolute Gasteiger partial charge is 0.508 e. The molecule has 0 aliphatic carbocycles. The smallest absolute Gasteiger partial charge is 0.326 e. The van der Waals surface area contributed by atoms with Gasteiger partial charge in [0.25, 0.3) is 0 Å². The maximum Gasteiger partial charge on any atom is 0.326 e. The Balaban J connectivity index is 2.42. The first kappa shape index (κ1) is 46.5. The molecule has 0 bridgehead atoms. The van der Waals surface area contributed by atoms with Gasteiger partial charge < -0.3 is 65.5 Å². The first-order chi connectivity index (χ1) is 26.9. The molecule has 17 N–H and O–H groups in total. The Morgan fingerprint density at radius 3 is 1.35 bits per heavy atom. The number of hydrogen-bond acceptors (Lipinski definition) is 12. The fourth-order valence-electron chi connectivity index (χ4n) is 5.37. The lowest BCUT2D eigenvalue weighted by Crippen LogP contribution is -2.60. The molecule has 8 amide bonds. The Bertz CT molecular complexity index is 1740. The van der Waals surface area contributed by atoms with Crippen molar-refractivity contribution in [2.24, 2.45) is 28.7 Å². The van der Waals surface area contributed by atoms with Crippen molar-refractivity contribution in [2.75, 3.05) is 6.54 Å². The molecule has 0 saturated carbocycles. The van der Waals surface area contributed by atoms with Crippen LogP contribution in [-0.4, -0.2) is 106 Å². The van der Waals surface area contributed by atoms with E-state index in [1.165, 1.54) is 24.3 Å². The molecule has 21 heteroatoms. The van der Waals surface area contributed by atoms with Gasteiger partial charge in [0.15, 0.2) is 0 Å². The second kappa shape index (κ2) is 23.3. The van der Waals surface area contributed by atoms with Gasteiger partial charge in [0.2, 0.25) is 47.3 Å². The monoisotopic (exact) mass is 798 g/mol. The summed E-state index contributed by atoms with van der Waals surface area (Å²) in [6.07, 6.45) is -1.48. The van der Waals surface area contributed by atoms with Crippen molar-refractivity contribution in [3.63, 3.8) is 0 Å². The van der Waals surface area contributed by atoms with Gasteiger partial charge >= 0.3 is 5.97 Å². The number of rotatable bonds is 25. The van der Waals surface area contributed by atoms with E-state index in [9.17, 15) is 53.4 Å². The molecule has 0 aromatic heterocycles. The highest BCUT2D eigenvalue weighted by Gasteiger charge is 2.34. The van der Waals surface area contributed by atoms with Crippen LogP contribution in [0, 0.1) is 0 Å². The Labute approximate surface area is 327 Å². The van der Waals surface area contributed by atoms with Gasteiger partial charge in [0, 0.05) is 12.8 Å². The molecule has 0 aliphatic heterocycles. The second-order valence-corrected chi connectivity index (χ2v) is 13.1. The number of amides is 8. The van der Waals surface area contributed by atoms with Crippen molar-refractivity contribution in [1.29, 1.82) is 0 Å². The van der Waals surface area contributed by atoms with Crippen molar-refractivity contribution < 1.29 is 53.4 Å². The Kier molecular flexibility index (Phi) is 19.1. The molecule has 0 fully saturated rings. The average molecular weight is 799 g/mol. The van der Waals surface area contributed by atoms with Crippen LogP contribution in [0.3, 0.4) is 0 Å². The van der Waals surface area contributed by atoms with Gasteiger partial charge in [-0.05, 0) is 42.6 Å². The number of benzene rings is 2. The van der Waals surface area contributed by atoms with E-state index in [1.807, 2.05) is 0 Å². The van der Waals surface area contributed by atoms with E-state index in [0.717, 1.165) is 0 Å². The third-order valence-corrected chi connectivity index (χ3v) is 8.33. The minimum Gasteiger partial charge on any atom is -0.508 e. The number of carbonyl (C=O) groups is 9. The predicted molar refractivity (Wildman–Crippen MR) is 202 cm³/mol. The number of phenols is 1. The van der Waals surface area contributed by atoms with Gasteiger partial charge in [-0.25, -0.2) is 4.79 Å². The summed E-state index contributed by atoms with van der Waals surface area (Å²) in [5.41, 5.74) is 28.2. The number of carbonyl (C=O) groups excluding carboxylic acids is 8. The van der Waals surface area contributed by atoms with E-state index in [0.29, 0.717) is 30.5 Å². The molecule has 310 valence electrons. The van der Waals surface area contributed by atoms with Crippen molar-refractivity contribution in [2.45, 2.75) is 87.6 Å². The van der Waals surface area contributed by atoms with Gasteiger partial charge in [-0.3, -0.25) is 38.4 Å². The van der Waals surface area contributed by atoms with Crippen molar-refractivity contribution in [3.8, 4) is 5.75 Å². The summed E-state index contributed by atoms with van der Waals surface area (Å²) in [7, 11) is 0. The van der Waals surface area contributed by atoms with Crippen LogP contribution in [0.25, 0.3) is 0 Å². The number of primary amides is 3. The number of aromatic hydroxyl groups is 1. The molecule has 0 unspecified atom stereocenters. The fraction of sp³-hybridized carbons (Fsp3) is 0.417. The number of nitrogens with one attached hydrogen (secondary N) is 5. The molecule has 0 saturated heterocycles. The Hall–Kier alpha value is -6.61. The Morgan fingerprint density at radius 1 is 0.526 bits per heavy atom. The molecule has 0 spiro atoms. The van der Waals surface area contributed by atoms with E-state index in [4.69, 9.17) is 28.7 Å². The van der Waals surface area contributed by atoms with Gasteiger partial charge in [-0.15, -0.1) is 0 Å². The number of phenolic OH excluding ortho intramolecular Hbond substituents is 1. The number of nitrogens with two attached hydrogens (primary N) is 5. The summed E-state index contributed by atoms with van der Waals surface area (Å²) in [6, 6.07) is 4.30. The van der Waals surface area contributed by atoms with E-state index >= 15 is 0 Å². The van der Waals surface area contributed by atoms with Gasteiger partial charge in [-0.1, -0.05) is 48.9 Å². The molecule has 2 aromatic carbocycles. The van der Waals surface area contributed by atoms with Crippen LogP contribution in [0.15, 0.2) is 54.6 Å². The predicted octanol–water partition coefficient (Wildman–Crippen LogP) is -4.23. The molecule has 21 nitrogen and oxygen atoms in total. The molecule has 57 heavy (non-hydrogen) atoms. The minimum absolute atomic E-state index is 0.122. The molecule has 2 rings (SSSR count). The summed E-state index contributed by atoms with van der Waals surface area (Å²) in [4.78, 5) is 115. The Morgan fingerprint density at radius 2 is 0.912 bits per heavy atom. The molecule has 2 aromatic rings. The van der Waals surface area contributed by atoms with Crippen molar-refractivity contribution in [1.82, 2.24) is 26.6 Å². The number of hydrogen-bond donors (Lipinski definition) is 12.